The Labute approximate surface area is 217 Å². The van der Waals surface area contributed by atoms with Crippen LogP contribution >= 0.6 is 15.2 Å². The lowest BCUT2D eigenvalue weighted by Gasteiger charge is -2.26. The molecule has 0 fully saturated rings. The summed E-state index contributed by atoms with van der Waals surface area (Å²) in [5.74, 6) is -0.852. The van der Waals surface area contributed by atoms with Crippen molar-refractivity contribution in [2.24, 2.45) is 0 Å². The van der Waals surface area contributed by atoms with Crippen molar-refractivity contribution in [2.45, 2.75) is 31.9 Å². The van der Waals surface area contributed by atoms with Crippen molar-refractivity contribution in [3.05, 3.63) is 66.3 Å². The maximum Gasteiger partial charge on any atom is 0.340 e. The van der Waals surface area contributed by atoms with E-state index in [1.165, 1.54) is 25.4 Å². The van der Waals surface area contributed by atoms with Gasteiger partial charge in [0.1, 0.15) is 12.2 Å². The molecule has 1 aromatic carbocycles. The zero-order chi connectivity index (χ0) is 28.1. The first-order valence-electron chi connectivity index (χ1n) is 11.2. The first-order valence-corrected chi connectivity index (χ1v) is 14.8. The lowest BCUT2D eigenvalue weighted by atomic mass is 10.0. The van der Waals surface area contributed by atoms with E-state index in [2.05, 4.69) is 26.8 Å². The molecule has 206 valence electrons. The van der Waals surface area contributed by atoms with Crippen LogP contribution in [0.5, 0.6) is 0 Å². The van der Waals surface area contributed by atoms with Gasteiger partial charge in [-0.1, -0.05) is 43.0 Å². The average molecular weight is 569 g/mol. The van der Waals surface area contributed by atoms with Gasteiger partial charge in [0.05, 0.1) is 12.9 Å². The minimum atomic E-state index is -4.85. The van der Waals surface area contributed by atoms with Crippen LogP contribution < -0.4 is 5.32 Å². The van der Waals surface area contributed by atoms with Gasteiger partial charge in [0.2, 0.25) is 0 Å². The van der Waals surface area contributed by atoms with E-state index in [4.69, 9.17) is 14.3 Å². The van der Waals surface area contributed by atoms with Crippen molar-refractivity contribution in [1.82, 2.24) is 19.5 Å². The van der Waals surface area contributed by atoms with E-state index in [0.29, 0.717) is 12.4 Å². The summed E-state index contributed by atoms with van der Waals surface area (Å²) in [6.07, 6.45) is -1.59. The Morgan fingerprint density at radius 3 is 2.45 bits per heavy atom. The molecule has 4 atom stereocenters. The minimum Gasteiger partial charge on any atom is -0.386 e. The average Bonchev–Trinajstić information content (AvgIpc) is 3.29. The highest BCUT2D eigenvalue weighted by atomic mass is 31.2. The summed E-state index contributed by atoms with van der Waals surface area (Å²) < 4.78 is 28.8. The second-order valence-corrected chi connectivity index (χ2v) is 12.2. The fourth-order valence-corrected chi connectivity index (χ4v) is 6.00. The van der Waals surface area contributed by atoms with E-state index >= 15 is 0 Å². The Hall–Kier alpha value is -2.77. The molecular formula is C22H29N5O9P2. The van der Waals surface area contributed by atoms with E-state index in [1.54, 1.807) is 0 Å². The molecule has 3 rings (SSSR count). The van der Waals surface area contributed by atoms with Gasteiger partial charge in [-0.05, 0) is 24.1 Å². The van der Waals surface area contributed by atoms with Crippen LogP contribution in [-0.2, 0) is 20.2 Å². The molecule has 0 spiro atoms. The number of allylic oxidation sites excluding steroid dienone is 1. The zero-order valence-corrected chi connectivity index (χ0v) is 22.1. The Morgan fingerprint density at radius 1 is 1.16 bits per heavy atom. The lowest BCUT2D eigenvalue weighted by molar-refractivity contribution is -0.0795. The van der Waals surface area contributed by atoms with Gasteiger partial charge >= 0.3 is 15.2 Å². The van der Waals surface area contributed by atoms with Gasteiger partial charge in [-0.3, -0.25) is 13.7 Å². The maximum atomic E-state index is 11.9. The van der Waals surface area contributed by atoms with Gasteiger partial charge in [-0.15, -0.1) is 0 Å². The summed E-state index contributed by atoms with van der Waals surface area (Å²) in [5, 5.41) is 35.4. The molecule has 16 heteroatoms. The summed E-state index contributed by atoms with van der Waals surface area (Å²) in [6, 6.07) is 9.51. The van der Waals surface area contributed by atoms with Crippen LogP contribution in [0.3, 0.4) is 0 Å². The quantitative estimate of drug-likeness (QED) is 0.115. The number of aromatic nitrogens is 4. The molecule has 0 aliphatic carbocycles. The number of hydrogen-bond acceptors (Lipinski definition) is 10. The number of nitrogens with zero attached hydrogens (tertiary/aromatic N) is 4. The number of nitrogens with one attached hydrogen (secondary N) is 1. The lowest BCUT2D eigenvalue weighted by Crippen LogP contribution is -2.37. The zero-order valence-electron chi connectivity index (χ0n) is 20.3. The molecule has 0 radical (unpaired) electrons. The molecule has 0 saturated carbocycles. The van der Waals surface area contributed by atoms with Gasteiger partial charge in [-0.2, -0.15) is 0 Å². The highest BCUT2D eigenvalue weighted by molar-refractivity contribution is 7.70. The molecule has 0 aliphatic rings. The van der Waals surface area contributed by atoms with Gasteiger partial charge in [0.25, 0.3) is 0 Å². The van der Waals surface area contributed by atoms with Crippen LogP contribution in [0.15, 0.2) is 54.9 Å². The van der Waals surface area contributed by atoms with Crippen molar-refractivity contribution in [2.75, 3.05) is 17.8 Å². The van der Waals surface area contributed by atoms with Crippen LogP contribution in [0.4, 0.5) is 5.82 Å². The second-order valence-electron chi connectivity index (χ2n) is 8.23. The third-order valence-electron chi connectivity index (χ3n) is 5.38. The van der Waals surface area contributed by atoms with Crippen molar-refractivity contribution in [3.8, 4) is 0 Å². The molecule has 14 nitrogen and oxygen atoms in total. The Bertz CT molecular complexity index is 1390. The van der Waals surface area contributed by atoms with Crippen LogP contribution in [0, 0.1) is 0 Å². The number of rotatable bonds is 13. The molecule has 2 aromatic heterocycles. The largest absolute Gasteiger partial charge is 0.386 e. The molecular weight excluding hydrogens is 540 g/mol. The molecule has 0 saturated heterocycles. The molecule has 0 aliphatic heterocycles. The highest BCUT2D eigenvalue weighted by Crippen LogP contribution is 2.55. The Morgan fingerprint density at radius 2 is 1.84 bits per heavy atom. The molecule has 2 heterocycles. The van der Waals surface area contributed by atoms with E-state index in [1.807, 2.05) is 30.3 Å². The molecule has 0 amide bonds. The predicted octanol–water partition coefficient (Wildman–Crippen LogP) is 1.58. The third kappa shape index (κ3) is 7.64. The smallest absolute Gasteiger partial charge is 0.340 e. The summed E-state index contributed by atoms with van der Waals surface area (Å²) in [5.41, 5.74) is 1.27. The monoisotopic (exact) mass is 569 g/mol. The highest BCUT2D eigenvalue weighted by Gasteiger charge is 2.34. The molecule has 0 bridgehead atoms. The fraction of sp³-hybridized carbons (Fsp3) is 0.318. The van der Waals surface area contributed by atoms with E-state index in [0.717, 1.165) is 10.1 Å². The van der Waals surface area contributed by atoms with Gasteiger partial charge < -0.3 is 39.8 Å². The number of fused-ring (bicyclic) bond motifs is 1. The number of aliphatic hydroxyl groups is 3. The Kier molecular flexibility index (Phi) is 9.71. The van der Waals surface area contributed by atoms with Crippen LogP contribution in [0.25, 0.3) is 17.2 Å². The summed E-state index contributed by atoms with van der Waals surface area (Å²) in [6.45, 7) is 4.78. The van der Waals surface area contributed by atoms with E-state index < -0.39 is 46.1 Å². The molecule has 38 heavy (non-hydrogen) atoms. The minimum absolute atomic E-state index is 0.118. The predicted molar refractivity (Wildman–Crippen MR) is 139 cm³/mol. The van der Waals surface area contributed by atoms with Crippen molar-refractivity contribution >= 4 is 38.2 Å². The standard InChI is InChI=1S/C22H29N5O9P2/c1-3-15(11-36-38(34,35)13-37(31,32)33)18(28)19(29)22(30)27-12-24-17-20(25-16(4-2)26-21(17)27)23-10-14-8-6-5-7-9-14/h3-9,12,18-19,22,28-30H,2,10-11,13H2,1H3,(H,34,35)(H,23,25,26)(H2,31,32,33)/b15-3-/t18-,19-,22-/m1/s1. The Balaban J connectivity index is 1.81. The fourth-order valence-electron chi connectivity index (χ4n) is 3.46. The normalized spacial score (nSPS) is 16.6. The number of aliphatic hydroxyl groups excluding tert-OH is 3. The van der Waals surface area contributed by atoms with Crippen LogP contribution in [0.2, 0.25) is 0 Å². The van der Waals surface area contributed by atoms with Crippen LogP contribution in [0.1, 0.15) is 24.5 Å². The number of anilines is 1. The third-order valence-corrected chi connectivity index (χ3v) is 8.82. The maximum absolute atomic E-state index is 11.9. The van der Waals surface area contributed by atoms with Crippen LogP contribution in [-0.4, -0.2) is 74.2 Å². The van der Waals surface area contributed by atoms with Gasteiger partial charge in [0, 0.05) is 6.54 Å². The van der Waals surface area contributed by atoms with Crippen molar-refractivity contribution < 1.29 is 43.7 Å². The number of benzene rings is 1. The molecule has 1 unspecified atom stereocenters. The summed E-state index contributed by atoms with van der Waals surface area (Å²) in [7, 11) is -9.56. The van der Waals surface area contributed by atoms with E-state index in [-0.39, 0.29) is 22.6 Å². The number of imidazole rings is 1. The van der Waals surface area contributed by atoms with Gasteiger partial charge in [-0.25, -0.2) is 15.0 Å². The first-order chi connectivity index (χ1) is 17.8. The van der Waals surface area contributed by atoms with Gasteiger partial charge in [0.15, 0.2) is 34.9 Å². The topological polar surface area (TPSA) is 220 Å². The SMILES string of the molecule is C=Cc1nc(NCc2ccccc2)c2ncn([C@H](O)[C@H](O)[C@H](O)/C(=C\C)COP(=O)(O)CP(=O)(O)O)c2n1. The molecule has 7 N–H and O–H groups in total. The van der Waals surface area contributed by atoms with Crippen molar-refractivity contribution in [1.29, 1.82) is 0 Å². The first kappa shape index (κ1) is 29.8. The van der Waals surface area contributed by atoms with E-state index in [9.17, 15) is 29.3 Å². The van der Waals surface area contributed by atoms with Crippen molar-refractivity contribution in [3.63, 3.8) is 0 Å². The summed E-state index contributed by atoms with van der Waals surface area (Å²) in [4.78, 5) is 40.4. The summed E-state index contributed by atoms with van der Waals surface area (Å²) >= 11 is 0. The molecule has 3 aromatic rings. The number of hydrogen-bond donors (Lipinski definition) is 7. The second kappa shape index (κ2) is 12.4.